The molecule has 3 N–H and O–H groups in total. The van der Waals surface area contributed by atoms with Gasteiger partial charge in [-0.1, -0.05) is 36.4 Å². The number of carbonyl (C=O) groups is 1. The summed E-state index contributed by atoms with van der Waals surface area (Å²) < 4.78 is 0. The average Bonchev–Trinajstić information content (AvgIpc) is 2.42. The molecule has 3 nitrogen and oxygen atoms in total. The Balaban J connectivity index is 2.02. The van der Waals surface area contributed by atoms with E-state index in [1.165, 1.54) is 5.56 Å². The third-order valence-electron chi connectivity index (χ3n) is 3.38. The van der Waals surface area contributed by atoms with E-state index in [4.69, 9.17) is 5.73 Å². The molecule has 2 aromatic rings. The molecule has 104 valence electrons. The van der Waals surface area contributed by atoms with E-state index in [2.05, 4.69) is 17.4 Å². The van der Waals surface area contributed by atoms with Crippen LogP contribution in [0.3, 0.4) is 0 Å². The van der Waals surface area contributed by atoms with Crippen molar-refractivity contribution in [1.82, 2.24) is 5.32 Å². The molecule has 2 aromatic carbocycles. The van der Waals surface area contributed by atoms with Crippen LogP contribution in [0.15, 0.2) is 48.5 Å². The molecule has 0 heterocycles. The molecule has 1 atom stereocenters. The second-order valence-corrected chi connectivity index (χ2v) is 5.08. The van der Waals surface area contributed by atoms with Crippen molar-refractivity contribution in [3.05, 3.63) is 65.2 Å². The number of hydrogen-bond donors (Lipinski definition) is 2. The number of nitrogen functional groups attached to an aromatic ring is 1. The third-order valence-corrected chi connectivity index (χ3v) is 3.38. The molecule has 0 aliphatic rings. The van der Waals surface area contributed by atoms with Crippen molar-refractivity contribution in [2.75, 3.05) is 5.73 Å². The molecule has 0 bridgehead atoms. The van der Waals surface area contributed by atoms with Crippen molar-refractivity contribution in [2.24, 2.45) is 0 Å². The standard InChI is InChI=1S/C17H20N2O/c1-12(11-14-7-4-3-5-8-14)19-17(20)15-9-6-10-16(18)13(15)2/h3-10,12H,11,18H2,1-2H3,(H,19,20). The van der Waals surface area contributed by atoms with E-state index < -0.39 is 0 Å². The molecular formula is C17H20N2O. The van der Waals surface area contributed by atoms with Crippen molar-refractivity contribution >= 4 is 11.6 Å². The van der Waals surface area contributed by atoms with Crippen molar-refractivity contribution in [3.8, 4) is 0 Å². The lowest BCUT2D eigenvalue weighted by Crippen LogP contribution is -2.34. The maximum atomic E-state index is 12.3. The summed E-state index contributed by atoms with van der Waals surface area (Å²) in [4.78, 5) is 12.3. The van der Waals surface area contributed by atoms with Crippen molar-refractivity contribution < 1.29 is 4.79 Å². The molecule has 3 heteroatoms. The van der Waals surface area contributed by atoms with Crippen LogP contribution in [0, 0.1) is 6.92 Å². The third kappa shape index (κ3) is 3.38. The zero-order valence-electron chi connectivity index (χ0n) is 11.9. The first-order valence-electron chi connectivity index (χ1n) is 6.78. The Bertz CT molecular complexity index is 593. The molecule has 0 spiro atoms. The Hall–Kier alpha value is -2.29. The lowest BCUT2D eigenvalue weighted by molar-refractivity contribution is 0.0939. The minimum atomic E-state index is -0.0711. The fraction of sp³-hybridized carbons (Fsp3) is 0.235. The van der Waals surface area contributed by atoms with Gasteiger partial charge in [0.15, 0.2) is 0 Å². The molecule has 20 heavy (non-hydrogen) atoms. The van der Waals surface area contributed by atoms with Crippen LogP contribution < -0.4 is 11.1 Å². The maximum absolute atomic E-state index is 12.3. The number of nitrogens with one attached hydrogen (secondary N) is 1. The number of anilines is 1. The number of benzene rings is 2. The highest BCUT2D eigenvalue weighted by molar-refractivity contribution is 5.97. The summed E-state index contributed by atoms with van der Waals surface area (Å²) >= 11 is 0. The van der Waals surface area contributed by atoms with Gasteiger partial charge in [0.25, 0.3) is 5.91 Å². The average molecular weight is 268 g/mol. The fourth-order valence-electron chi connectivity index (χ4n) is 2.22. The normalized spacial score (nSPS) is 11.9. The summed E-state index contributed by atoms with van der Waals surface area (Å²) in [6.07, 6.45) is 0.813. The van der Waals surface area contributed by atoms with E-state index in [1.807, 2.05) is 32.0 Å². The molecule has 2 rings (SSSR count). The van der Waals surface area contributed by atoms with Crippen molar-refractivity contribution in [3.63, 3.8) is 0 Å². The van der Waals surface area contributed by atoms with Gasteiger partial charge in [0.2, 0.25) is 0 Å². The summed E-state index contributed by atoms with van der Waals surface area (Å²) in [5, 5.41) is 3.02. The highest BCUT2D eigenvalue weighted by atomic mass is 16.1. The van der Waals surface area contributed by atoms with Crippen LogP contribution in [0.4, 0.5) is 5.69 Å². The number of hydrogen-bond acceptors (Lipinski definition) is 2. The lowest BCUT2D eigenvalue weighted by atomic mass is 10.0. The molecule has 0 saturated heterocycles. The summed E-state index contributed by atoms with van der Waals surface area (Å²) in [5.41, 5.74) is 9.17. The fourth-order valence-corrected chi connectivity index (χ4v) is 2.22. The van der Waals surface area contributed by atoms with Gasteiger partial charge in [-0.05, 0) is 43.5 Å². The van der Waals surface area contributed by atoms with Gasteiger partial charge in [-0.3, -0.25) is 4.79 Å². The van der Waals surface area contributed by atoms with Gasteiger partial charge < -0.3 is 11.1 Å². The van der Waals surface area contributed by atoms with Crippen LogP contribution in [-0.2, 0) is 6.42 Å². The molecule has 1 amide bonds. The highest BCUT2D eigenvalue weighted by Crippen LogP contribution is 2.15. The van der Waals surface area contributed by atoms with Crippen LogP contribution in [-0.4, -0.2) is 11.9 Å². The monoisotopic (exact) mass is 268 g/mol. The van der Waals surface area contributed by atoms with Crippen molar-refractivity contribution in [1.29, 1.82) is 0 Å². The molecule has 0 saturated carbocycles. The molecule has 0 aromatic heterocycles. The van der Waals surface area contributed by atoms with Gasteiger partial charge >= 0.3 is 0 Å². The molecule has 1 unspecified atom stereocenters. The Morgan fingerprint density at radius 1 is 1.15 bits per heavy atom. The zero-order chi connectivity index (χ0) is 14.5. The lowest BCUT2D eigenvalue weighted by Gasteiger charge is -2.15. The van der Waals surface area contributed by atoms with Gasteiger partial charge in [-0.15, -0.1) is 0 Å². The number of amides is 1. The molecular weight excluding hydrogens is 248 g/mol. The number of nitrogens with two attached hydrogens (primary N) is 1. The Morgan fingerprint density at radius 3 is 2.55 bits per heavy atom. The SMILES string of the molecule is Cc1c(N)cccc1C(=O)NC(C)Cc1ccccc1. The molecule has 0 radical (unpaired) electrons. The topological polar surface area (TPSA) is 55.1 Å². The van der Waals surface area contributed by atoms with E-state index in [-0.39, 0.29) is 11.9 Å². The van der Waals surface area contributed by atoms with E-state index in [0.29, 0.717) is 11.3 Å². The smallest absolute Gasteiger partial charge is 0.251 e. The number of rotatable bonds is 4. The summed E-state index contributed by atoms with van der Waals surface area (Å²) in [5.74, 6) is -0.0711. The minimum Gasteiger partial charge on any atom is -0.398 e. The van der Waals surface area contributed by atoms with Crippen LogP contribution >= 0.6 is 0 Å². The summed E-state index contributed by atoms with van der Waals surface area (Å²) in [6, 6.07) is 15.6. The van der Waals surface area contributed by atoms with E-state index >= 15 is 0 Å². The first-order valence-corrected chi connectivity index (χ1v) is 6.78. The van der Waals surface area contributed by atoms with Gasteiger partial charge in [0.05, 0.1) is 0 Å². The second kappa shape index (κ2) is 6.24. The van der Waals surface area contributed by atoms with Gasteiger partial charge in [0.1, 0.15) is 0 Å². The van der Waals surface area contributed by atoms with Gasteiger partial charge in [0, 0.05) is 17.3 Å². The predicted molar refractivity (Wildman–Crippen MR) is 82.7 cm³/mol. The van der Waals surface area contributed by atoms with Crippen LogP contribution in [0.5, 0.6) is 0 Å². The van der Waals surface area contributed by atoms with Crippen LogP contribution in [0.25, 0.3) is 0 Å². The predicted octanol–water partition coefficient (Wildman–Crippen LogP) is 2.94. The first kappa shape index (κ1) is 14.1. The number of carbonyl (C=O) groups excluding carboxylic acids is 1. The summed E-state index contributed by atoms with van der Waals surface area (Å²) in [6.45, 7) is 3.87. The largest absolute Gasteiger partial charge is 0.398 e. The second-order valence-electron chi connectivity index (χ2n) is 5.08. The van der Waals surface area contributed by atoms with Crippen molar-refractivity contribution in [2.45, 2.75) is 26.3 Å². The molecule has 0 fully saturated rings. The van der Waals surface area contributed by atoms with Gasteiger partial charge in [-0.25, -0.2) is 0 Å². The summed E-state index contributed by atoms with van der Waals surface area (Å²) in [7, 11) is 0. The van der Waals surface area contributed by atoms with Crippen LogP contribution in [0.2, 0.25) is 0 Å². The zero-order valence-corrected chi connectivity index (χ0v) is 11.9. The highest BCUT2D eigenvalue weighted by Gasteiger charge is 2.13. The van der Waals surface area contributed by atoms with Gasteiger partial charge in [-0.2, -0.15) is 0 Å². The van der Waals surface area contributed by atoms with E-state index in [9.17, 15) is 4.79 Å². The Kier molecular flexibility index (Phi) is 4.41. The Morgan fingerprint density at radius 2 is 1.85 bits per heavy atom. The van der Waals surface area contributed by atoms with Crippen LogP contribution in [0.1, 0.15) is 28.4 Å². The molecule has 0 aliphatic carbocycles. The molecule has 0 aliphatic heterocycles. The first-order chi connectivity index (χ1) is 9.58. The van der Waals surface area contributed by atoms with E-state index in [0.717, 1.165) is 12.0 Å². The van der Waals surface area contributed by atoms with E-state index in [1.54, 1.807) is 18.2 Å². The minimum absolute atomic E-state index is 0.0711. The Labute approximate surface area is 119 Å². The maximum Gasteiger partial charge on any atom is 0.251 e. The quantitative estimate of drug-likeness (QED) is 0.838.